The molecule has 9 nitrogen and oxygen atoms in total. The molecule has 3 atom stereocenters. The Hall–Kier alpha value is -3.79. The van der Waals surface area contributed by atoms with Gasteiger partial charge in [-0.25, -0.2) is 4.18 Å². The maximum atomic E-state index is 14.8. The summed E-state index contributed by atoms with van der Waals surface area (Å²) < 4.78 is 71.5. The van der Waals surface area contributed by atoms with E-state index < -0.39 is 35.9 Å². The SMILES string of the molecule is COc1ccc(C(=O)c2ccccc2)cc1O[C@@H]1CCO[C@H](CP(=O)(c2ccccc2)c2ccccc2)[C@H]1OS(=O)(=O)O. The van der Waals surface area contributed by atoms with Crippen molar-refractivity contribution in [2.24, 2.45) is 0 Å². The van der Waals surface area contributed by atoms with Crippen LogP contribution < -0.4 is 20.1 Å². The normalized spacial score (nSPS) is 19.0. The molecule has 224 valence electrons. The van der Waals surface area contributed by atoms with Crippen molar-refractivity contribution >= 4 is 33.9 Å². The molecule has 1 aliphatic rings. The lowest BCUT2D eigenvalue weighted by molar-refractivity contribution is -0.107. The van der Waals surface area contributed by atoms with Crippen LogP contribution in [0.5, 0.6) is 11.5 Å². The number of carbonyl (C=O) groups excluding carboxylic acids is 1. The van der Waals surface area contributed by atoms with E-state index >= 15 is 0 Å². The molecule has 4 aromatic carbocycles. The van der Waals surface area contributed by atoms with Gasteiger partial charge in [0.1, 0.15) is 19.3 Å². The van der Waals surface area contributed by atoms with Gasteiger partial charge in [0.05, 0.1) is 19.8 Å². The van der Waals surface area contributed by atoms with Crippen LogP contribution in [-0.2, 0) is 23.9 Å². The van der Waals surface area contributed by atoms with Gasteiger partial charge < -0.3 is 18.8 Å². The van der Waals surface area contributed by atoms with Gasteiger partial charge in [0.15, 0.2) is 17.3 Å². The van der Waals surface area contributed by atoms with Gasteiger partial charge in [-0.2, -0.15) is 8.42 Å². The molecule has 0 saturated carbocycles. The number of ketones is 1. The zero-order chi connectivity index (χ0) is 30.5. The van der Waals surface area contributed by atoms with Gasteiger partial charge in [0, 0.05) is 34.3 Å². The van der Waals surface area contributed by atoms with Crippen molar-refractivity contribution in [3.8, 4) is 11.5 Å². The van der Waals surface area contributed by atoms with Crippen molar-refractivity contribution in [2.45, 2.75) is 24.7 Å². The van der Waals surface area contributed by atoms with Crippen molar-refractivity contribution in [2.75, 3.05) is 19.9 Å². The molecular weight excluding hydrogens is 591 g/mol. The fourth-order valence-electron chi connectivity index (χ4n) is 5.16. The lowest BCUT2D eigenvalue weighted by Gasteiger charge is -2.38. The topological polar surface area (TPSA) is 125 Å². The molecule has 1 heterocycles. The molecule has 0 radical (unpaired) electrons. The minimum atomic E-state index is -4.98. The van der Waals surface area contributed by atoms with Gasteiger partial charge in [-0.1, -0.05) is 91.0 Å². The quantitative estimate of drug-likeness (QED) is 0.144. The van der Waals surface area contributed by atoms with Crippen molar-refractivity contribution in [3.63, 3.8) is 0 Å². The number of ether oxygens (including phenoxy) is 3. The van der Waals surface area contributed by atoms with E-state index in [4.69, 9.17) is 18.4 Å². The summed E-state index contributed by atoms with van der Waals surface area (Å²) in [6.07, 6.45) is -3.34. The fourth-order valence-corrected chi connectivity index (χ4v) is 8.54. The molecular formula is C32H31O9PS. The van der Waals surface area contributed by atoms with Gasteiger partial charge in [-0.15, -0.1) is 0 Å². The Balaban J connectivity index is 1.50. The molecule has 1 saturated heterocycles. The van der Waals surface area contributed by atoms with Crippen LogP contribution in [-0.4, -0.2) is 56.9 Å². The maximum Gasteiger partial charge on any atom is 0.397 e. The highest BCUT2D eigenvalue weighted by atomic mass is 32.3. The van der Waals surface area contributed by atoms with E-state index in [0.29, 0.717) is 27.5 Å². The second kappa shape index (κ2) is 13.2. The zero-order valence-corrected chi connectivity index (χ0v) is 25.0. The highest BCUT2D eigenvalue weighted by Crippen LogP contribution is 2.46. The van der Waals surface area contributed by atoms with E-state index in [1.54, 1.807) is 84.9 Å². The molecule has 4 aromatic rings. The molecule has 0 unspecified atom stereocenters. The monoisotopic (exact) mass is 622 g/mol. The number of benzene rings is 4. The summed E-state index contributed by atoms with van der Waals surface area (Å²) in [5.41, 5.74) is 0.811. The number of hydrogen-bond acceptors (Lipinski definition) is 8. The Labute approximate surface area is 250 Å². The van der Waals surface area contributed by atoms with Gasteiger partial charge in [-0.05, 0) is 18.2 Å². The average Bonchev–Trinajstić information content (AvgIpc) is 3.03. The van der Waals surface area contributed by atoms with Gasteiger partial charge in [0.2, 0.25) is 0 Å². The average molecular weight is 623 g/mol. The highest BCUT2D eigenvalue weighted by Gasteiger charge is 2.44. The predicted molar refractivity (Wildman–Crippen MR) is 163 cm³/mol. The van der Waals surface area contributed by atoms with Crippen molar-refractivity contribution in [1.82, 2.24) is 0 Å². The summed E-state index contributed by atoms with van der Waals surface area (Å²) in [5.74, 6) is 0.237. The van der Waals surface area contributed by atoms with Crippen LogP contribution in [0, 0.1) is 0 Å². The van der Waals surface area contributed by atoms with Crippen LogP contribution in [0.15, 0.2) is 109 Å². The summed E-state index contributed by atoms with van der Waals surface area (Å²) >= 11 is 0. The van der Waals surface area contributed by atoms with Crippen LogP contribution >= 0.6 is 7.14 Å². The minimum Gasteiger partial charge on any atom is -0.493 e. The van der Waals surface area contributed by atoms with Crippen molar-refractivity contribution in [1.29, 1.82) is 0 Å². The Morgan fingerprint density at radius 3 is 2.00 bits per heavy atom. The van der Waals surface area contributed by atoms with Crippen LogP contribution in [0.1, 0.15) is 22.3 Å². The predicted octanol–water partition coefficient (Wildman–Crippen LogP) is 4.66. The third-order valence-electron chi connectivity index (χ3n) is 7.22. The molecule has 1 aliphatic heterocycles. The number of hydrogen-bond donors (Lipinski definition) is 1. The van der Waals surface area contributed by atoms with Crippen molar-refractivity contribution < 1.29 is 40.7 Å². The Kier molecular flexibility index (Phi) is 9.44. The smallest absolute Gasteiger partial charge is 0.397 e. The first kappa shape index (κ1) is 30.7. The number of rotatable bonds is 11. The van der Waals surface area contributed by atoms with E-state index in [1.807, 2.05) is 18.2 Å². The molecule has 5 rings (SSSR count). The molecule has 11 heteroatoms. The van der Waals surface area contributed by atoms with E-state index in [-0.39, 0.29) is 30.7 Å². The van der Waals surface area contributed by atoms with Crippen LogP contribution in [0.4, 0.5) is 0 Å². The van der Waals surface area contributed by atoms with Gasteiger partial charge >= 0.3 is 10.4 Å². The number of carbonyl (C=O) groups is 1. The molecule has 1 fully saturated rings. The molecule has 43 heavy (non-hydrogen) atoms. The minimum absolute atomic E-state index is 0.120. The third kappa shape index (κ3) is 7.24. The first-order valence-corrected chi connectivity index (χ1v) is 16.9. The molecule has 0 spiro atoms. The van der Waals surface area contributed by atoms with Crippen LogP contribution in [0.3, 0.4) is 0 Å². The molecule has 1 N–H and O–H groups in total. The Bertz CT molecular complexity index is 1650. The summed E-state index contributed by atoms with van der Waals surface area (Å²) in [5, 5.41) is 1.12. The Morgan fingerprint density at radius 1 is 0.860 bits per heavy atom. The van der Waals surface area contributed by atoms with E-state index in [1.165, 1.54) is 13.2 Å². The summed E-state index contributed by atoms with van der Waals surface area (Å²) in [6.45, 7) is 0.134. The lowest BCUT2D eigenvalue weighted by Crippen LogP contribution is -2.51. The first-order valence-electron chi connectivity index (χ1n) is 13.6. The van der Waals surface area contributed by atoms with Crippen LogP contribution in [0.2, 0.25) is 0 Å². The van der Waals surface area contributed by atoms with Crippen LogP contribution in [0.25, 0.3) is 0 Å². The largest absolute Gasteiger partial charge is 0.493 e. The van der Waals surface area contributed by atoms with Gasteiger partial charge in [-0.3, -0.25) is 9.35 Å². The zero-order valence-electron chi connectivity index (χ0n) is 23.3. The van der Waals surface area contributed by atoms with Crippen molar-refractivity contribution in [3.05, 3.63) is 120 Å². The molecule has 0 aromatic heterocycles. The summed E-state index contributed by atoms with van der Waals surface area (Å²) in [4.78, 5) is 13.1. The highest BCUT2D eigenvalue weighted by molar-refractivity contribution is 7.81. The first-order chi connectivity index (χ1) is 20.7. The maximum absolute atomic E-state index is 14.8. The standard InChI is InChI=1S/C32H31O9PS/c1-38-27-18-17-24(31(33)23-11-5-2-6-12-23)21-29(27)40-28-19-20-39-30(32(28)41-43(35,36)37)22-42(34,25-13-7-3-8-14-25)26-15-9-4-10-16-26/h2-18,21,28,30,32H,19-20,22H2,1H3,(H,35,36,37)/t28-,30-,32+/m1/s1. The van der Waals surface area contributed by atoms with E-state index in [9.17, 15) is 22.3 Å². The van der Waals surface area contributed by atoms with E-state index in [2.05, 4.69) is 0 Å². The Morgan fingerprint density at radius 2 is 1.44 bits per heavy atom. The summed E-state index contributed by atoms with van der Waals surface area (Å²) in [7, 11) is -6.92. The molecule has 0 amide bonds. The molecule has 0 aliphatic carbocycles. The number of methoxy groups -OCH3 is 1. The fraction of sp³-hybridized carbons (Fsp3) is 0.219. The second-order valence-electron chi connectivity index (χ2n) is 10.00. The van der Waals surface area contributed by atoms with Gasteiger partial charge in [0.25, 0.3) is 0 Å². The van der Waals surface area contributed by atoms with E-state index in [0.717, 1.165) is 0 Å². The second-order valence-corrected chi connectivity index (χ2v) is 13.9. The lowest BCUT2D eigenvalue weighted by atomic mass is 10.0. The summed E-state index contributed by atoms with van der Waals surface area (Å²) in [6, 6.07) is 31.2. The molecule has 0 bridgehead atoms. The third-order valence-corrected chi connectivity index (χ3v) is 10.8.